The van der Waals surface area contributed by atoms with E-state index in [0.717, 1.165) is 31.6 Å². The maximum Gasteiger partial charge on any atom is 0.311 e. The lowest BCUT2D eigenvalue weighted by Gasteiger charge is -2.39. The second kappa shape index (κ2) is 6.19. The zero-order valence-electron chi connectivity index (χ0n) is 11.7. The van der Waals surface area contributed by atoms with E-state index in [1.165, 1.54) is 0 Å². The molecule has 1 fully saturated rings. The molecule has 1 aliphatic rings. The van der Waals surface area contributed by atoms with E-state index in [0.29, 0.717) is 16.7 Å². The van der Waals surface area contributed by atoms with Crippen LogP contribution in [0.3, 0.4) is 0 Å². The molecule has 1 aromatic rings. The van der Waals surface area contributed by atoms with E-state index < -0.39 is 5.41 Å². The first-order valence-electron chi connectivity index (χ1n) is 6.69. The largest absolute Gasteiger partial charge is 0.466 e. The van der Waals surface area contributed by atoms with Gasteiger partial charge in [-0.1, -0.05) is 23.2 Å². The van der Waals surface area contributed by atoms with Gasteiger partial charge in [0.05, 0.1) is 27.8 Å². The minimum Gasteiger partial charge on any atom is -0.466 e. The number of pyridine rings is 1. The van der Waals surface area contributed by atoms with Crippen LogP contribution in [0.1, 0.15) is 26.7 Å². The molecule has 1 aromatic heterocycles. The molecule has 0 radical (unpaired) electrons. The number of aromatic nitrogens is 1. The normalized spacial score (nSPS) is 17.9. The number of carbonyl (C=O) groups is 1. The Morgan fingerprint density at radius 1 is 1.35 bits per heavy atom. The van der Waals surface area contributed by atoms with Crippen LogP contribution in [-0.2, 0) is 9.53 Å². The SMILES string of the molecule is CCOC(=O)C1(C)CCN(c2c(Cl)cncc2Cl)CC1. The smallest absolute Gasteiger partial charge is 0.311 e. The van der Waals surface area contributed by atoms with Crippen molar-refractivity contribution < 1.29 is 9.53 Å². The predicted octanol–water partition coefficient (Wildman–Crippen LogP) is 3.56. The summed E-state index contributed by atoms with van der Waals surface area (Å²) in [6, 6.07) is 0. The standard InChI is InChI=1S/C14H18Cl2N2O2/c1-3-20-13(19)14(2)4-6-18(7-5-14)12-10(15)8-17-9-11(12)16/h8-9H,3-7H2,1-2H3. The molecule has 4 nitrogen and oxygen atoms in total. The molecule has 0 bridgehead atoms. The first kappa shape index (κ1) is 15.4. The first-order valence-corrected chi connectivity index (χ1v) is 7.44. The van der Waals surface area contributed by atoms with E-state index >= 15 is 0 Å². The molecule has 0 aromatic carbocycles. The topological polar surface area (TPSA) is 42.4 Å². The average molecular weight is 317 g/mol. The Bertz CT molecular complexity index is 480. The van der Waals surface area contributed by atoms with Crippen LogP contribution in [0, 0.1) is 5.41 Å². The highest BCUT2D eigenvalue weighted by Gasteiger charge is 2.38. The van der Waals surface area contributed by atoms with Crippen molar-refractivity contribution in [2.24, 2.45) is 5.41 Å². The molecular formula is C14H18Cl2N2O2. The van der Waals surface area contributed by atoms with Gasteiger partial charge in [-0.25, -0.2) is 0 Å². The van der Waals surface area contributed by atoms with Crippen molar-refractivity contribution in [2.45, 2.75) is 26.7 Å². The van der Waals surface area contributed by atoms with Crippen molar-refractivity contribution >= 4 is 34.9 Å². The number of halogens is 2. The summed E-state index contributed by atoms with van der Waals surface area (Å²) < 4.78 is 5.15. The van der Waals surface area contributed by atoms with Gasteiger partial charge < -0.3 is 9.64 Å². The Kier molecular flexibility index (Phi) is 4.76. The van der Waals surface area contributed by atoms with E-state index in [1.807, 2.05) is 13.8 Å². The third-order valence-corrected chi connectivity index (χ3v) is 4.33. The summed E-state index contributed by atoms with van der Waals surface area (Å²) in [5, 5.41) is 1.08. The van der Waals surface area contributed by atoms with Crippen molar-refractivity contribution in [3.8, 4) is 0 Å². The van der Waals surface area contributed by atoms with E-state index in [1.54, 1.807) is 12.4 Å². The Morgan fingerprint density at radius 3 is 2.40 bits per heavy atom. The molecule has 0 unspecified atom stereocenters. The summed E-state index contributed by atoms with van der Waals surface area (Å²) in [6.07, 6.45) is 4.62. The quantitative estimate of drug-likeness (QED) is 0.800. The van der Waals surface area contributed by atoms with E-state index in [2.05, 4.69) is 9.88 Å². The molecule has 2 heterocycles. The Morgan fingerprint density at radius 2 is 1.90 bits per heavy atom. The van der Waals surface area contributed by atoms with Gasteiger partial charge in [-0.3, -0.25) is 9.78 Å². The number of nitrogens with zero attached hydrogens (tertiary/aromatic N) is 2. The van der Waals surface area contributed by atoms with Crippen molar-refractivity contribution in [1.29, 1.82) is 0 Å². The molecule has 0 atom stereocenters. The number of rotatable bonds is 3. The summed E-state index contributed by atoms with van der Waals surface area (Å²) in [5.41, 5.74) is 0.382. The van der Waals surface area contributed by atoms with Crippen LogP contribution in [0.2, 0.25) is 10.0 Å². The third-order valence-electron chi connectivity index (χ3n) is 3.78. The highest BCUT2D eigenvalue weighted by Crippen LogP contribution is 2.39. The molecule has 6 heteroatoms. The number of hydrogen-bond acceptors (Lipinski definition) is 4. The van der Waals surface area contributed by atoms with Crippen LogP contribution in [-0.4, -0.2) is 30.6 Å². The highest BCUT2D eigenvalue weighted by atomic mass is 35.5. The van der Waals surface area contributed by atoms with Crippen LogP contribution < -0.4 is 4.90 Å². The van der Waals surface area contributed by atoms with E-state index in [9.17, 15) is 4.79 Å². The minimum atomic E-state index is -0.418. The predicted molar refractivity (Wildman–Crippen MR) is 80.4 cm³/mol. The lowest BCUT2D eigenvalue weighted by molar-refractivity contribution is -0.155. The number of anilines is 1. The van der Waals surface area contributed by atoms with Crippen LogP contribution in [0.4, 0.5) is 5.69 Å². The Balaban J connectivity index is 2.10. The maximum absolute atomic E-state index is 12.0. The average Bonchev–Trinajstić information content (AvgIpc) is 2.41. The van der Waals surface area contributed by atoms with Crippen LogP contribution >= 0.6 is 23.2 Å². The molecule has 110 valence electrons. The zero-order valence-corrected chi connectivity index (χ0v) is 13.2. The van der Waals surface area contributed by atoms with Gasteiger partial charge in [0.15, 0.2) is 0 Å². The summed E-state index contributed by atoms with van der Waals surface area (Å²) in [6.45, 7) is 5.64. The second-order valence-electron chi connectivity index (χ2n) is 5.22. The summed E-state index contributed by atoms with van der Waals surface area (Å²) in [4.78, 5) is 18.1. The van der Waals surface area contributed by atoms with Gasteiger partial charge in [-0.15, -0.1) is 0 Å². The molecule has 20 heavy (non-hydrogen) atoms. The van der Waals surface area contributed by atoms with Crippen LogP contribution in [0.15, 0.2) is 12.4 Å². The van der Waals surface area contributed by atoms with Gasteiger partial charge in [0.25, 0.3) is 0 Å². The lowest BCUT2D eigenvalue weighted by Crippen LogP contribution is -2.43. The Labute approximate surface area is 129 Å². The van der Waals surface area contributed by atoms with Crippen molar-refractivity contribution in [1.82, 2.24) is 4.98 Å². The van der Waals surface area contributed by atoms with E-state index in [4.69, 9.17) is 27.9 Å². The molecule has 0 amide bonds. The Hall–Kier alpha value is -1.00. The summed E-state index contributed by atoms with van der Waals surface area (Å²) in [5.74, 6) is -0.119. The fourth-order valence-corrected chi connectivity index (χ4v) is 3.04. The van der Waals surface area contributed by atoms with Gasteiger partial charge in [0.1, 0.15) is 0 Å². The van der Waals surface area contributed by atoms with Crippen molar-refractivity contribution in [3.63, 3.8) is 0 Å². The zero-order chi connectivity index (χ0) is 14.8. The fourth-order valence-electron chi connectivity index (χ4n) is 2.44. The molecule has 0 N–H and O–H groups in total. The molecule has 2 rings (SSSR count). The van der Waals surface area contributed by atoms with Gasteiger partial charge in [0, 0.05) is 25.5 Å². The number of esters is 1. The molecule has 1 aliphatic heterocycles. The first-order chi connectivity index (χ1) is 9.48. The van der Waals surface area contributed by atoms with Crippen molar-refractivity contribution in [3.05, 3.63) is 22.4 Å². The van der Waals surface area contributed by atoms with Gasteiger partial charge >= 0.3 is 5.97 Å². The van der Waals surface area contributed by atoms with Crippen LogP contribution in [0.5, 0.6) is 0 Å². The monoisotopic (exact) mass is 316 g/mol. The maximum atomic E-state index is 12.0. The lowest BCUT2D eigenvalue weighted by atomic mass is 9.80. The summed E-state index contributed by atoms with van der Waals surface area (Å²) >= 11 is 12.3. The number of piperidine rings is 1. The fraction of sp³-hybridized carbons (Fsp3) is 0.571. The number of carbonyl (C=O) groups excluding carboxylic acids is 1. The van der Waals surface area contributed by atoms with Gasteiger partial charge in [-0.2, -0.15) is 0 Å². The minimum absolute atomic E-state index is 0.119. The molecule has 1 saturated heterocycles. The number of ether oxygens (including phenoxy) is 1. The van der Waals surface area contributed by atoms with E-state index in [-0.39, 0.29) is 5.97 Å². The van der Waals surface area contributed by atoms with Crippen LogP contribution in [0.25, 0.3) is 0 Å². The molecule has 0 aliphatic carbocycles. The highest BCUT2D eigenvalue weighted by molar-refractivity contribution is 6.38. The van der Waals surface area contributed by atoms with Gasteiger partial charge in [-0.05, 0) is 26.7 Å². The third kappa shape index (κ3) is 3.01. The molecule has 0 saturated carbocycles. The molecular weight excluding hydrogens is 299 g/mol. The van der Waals surface area contributed by atoms with Crippen molar-refractivity contribution in [2.75, 3.05) is 24.6 Å². The van der Waals surface area contributed by atoms with Gasteiger partial charge in [0.2, 0.25) is 0 Å². The number of hydrogen-bond donors (Lipinski definition) is 0. The summed E-state index contributed by atoms with van der Waals surface area (Å²) in [7, 11) is 0. The molecule has 0 spiro atoms. The second-order valence-corrected chi connectivity index (χ2v) is 6.03.